The van der Waals surface area contributed by atoms with Crippen LogP contribution in [0.5, 0.6) is 5.75 Å². The molecule has 4 aromatic carbocycles. The van der Waals surface area contributed by atoms with E-state index in [4.69, 9.17) is 21.3 Å². The van der Waals surface area contributed by atoms with Crippen molar-refractivity contribution in [2.45, 2.75) is 65.2 Å². The Morgan fingerprint density at radius 3 is 2.04 bits per heavy atom. The topological polar surface area (TPSA) is 66.9 Å². The Balaban J connectivity index is 1.14. The molecule has 0 atom stereocenters. The van der Waals surface area contributed by atoms with E-state index in [0.717, 1.165) is 65.8 Å². The molecule has 4 aromatic rings. The Morgan fingerprint density at radius 2 is 1.39 bits per heavy atom. The zero-order valence-electron chi connectivity index (χ0n) is 30.1. The van der Waals surface area contributed by atoms with Crippen molar-refractivity contribution in [1.29, 1.82) is 5.26 Å². The van der Waals surface area contributed by atoms with Crippen molar-refractivity contribution in [1.82, 2.24) is 0 Å². The highest BCUT2D eigenvalue weighted by molar-refractivity contribution is 5.95. The standard InChI is InChI=1S/C45H47N3O3/c1-5-6-7-10-29-48(4)44-28-21-37(32-35(44)2)16-13-36-14-17-38(18-15-36)33-43(47-3)45(49)51-31-12-9-8-11-30-50-42-26-24-41(25-27-42)40-22-19-39(34-46)20-23-40/h14-15,17-28,32-33H,5-12,29-31H2,1-2,4H3/b43-33-. The summed E-state index contributed by atoms with van der Waals surface area (Å²) in [6.07, 6.45) is 10.0. The smallest absolute Gasteiger partial charge is 0.336 e. The summed E-state index contributed by atoms with van der Waals surface area (Å²) in [6, 6.07) is 31.4. The number of esters is 1. The SMILES string of the molecule is [C-]#[N+]/C(=C\c1ccc(C#Cc2ccc(N(C)CCCCCC)c(C)c2)cc1)C(=O)OCCCCCCOc1ccc(-c2ccc(C#N)cc2)cc1. The van der Waals surface area contributed by atoms with Crippen LogP contribution < -0.4 is 9.64 Å². The third-order valence-electron chi connectivity index (χ3n) is 8.59. The van der Waals surface area contributed by atoms with E-state index in [0.29, 0.717) is 12.2 Å². The first-order valence-corrected chi connectivity index (χ1v) is 17.8. The third kappa shape index (κ3) is 12.6. The molecule has 0 aliphatic rings. The maximum atomic E-state index is 12.5. The molecule has 260 valence electrons. The lowest BCUT2D eigenvalue weighted by Gasteiger charge is -2.21. The van der Waals surface area contributed by atoms with Crippen molar-refractivity contribution in [3.05, 3.63) is 136 Å². The Hall–Kier alpha value is -5.77. The number of rotatable bonds is 17. The number of anilines is 1. The van der Waals surface area contributed by atoms with Gasteiger partial charge in [0.25, 0.3) is 5.70 Å². The summed E-state index contributed by atoms with van der Waals surface area (Å²) in [7, 11) is 2.15. The molecule has 0 radical (unpaired) electrons. The van der Waals surface area contributed by atoms with Crippen molar-refractivity contribution in [3.8, 4) is 34.8 Å². The van der Waals surface area contributed by atoms with Crippen LogP contribution >= 0.6 is 0 Å². The zero-order chi connectivity index (χ0) is 36.3. The summed E-state index contributed by atoms with van der Waals surface area (Å²) in [4.78, 5) is 18.3. The number of ether oxygens (including phenoxy) is 2. The number of hydrogen-bond donors (Lipinski definition) is 0. The van der Waals surface area contributed by atoms with Gasteiger partial charge in [0.15, 0.2) is 0 Å². The van der Waals surface area contributed by atoms with Crippen molar-refractivity contribution in [2.75, 3.05) is 31.7 Å². The molecular weight excluding hydrogens is 631 g/mol. The summed E-state index contributed by atoms with van der Waals surface area (Å²) in [6.45, 7) is 13.8. The summed E-state index contributed by atoms with van der Waals surface area (Å²) in [5.74, 6) is 6.69. The second-order valence-corrected chi connectivity index (χ2v) is 12.6. The van der Waals surface area contributed by atoms with E-state index < -0.39 is 5.97 Å². The molecule has 51 heavy (non-hydrogen) atoms. The number of carbonyl (C=O) groups is 1. The van der Waals surface area contributed by atoms with Crippen LogP contribution in [-0.4, -0.2) is 32.8 Å². The van der Waals surface area contributed by atoms with Gasteiger partial charge >= 0.3 is 5.97 Å². The maximum Gasteiger partial charge on any atom is 0.336 e. The Bertz CT molecular complexity index is 1880. The molecule has 0 aromatic heterocycles. The highest BCUT2D eigenvalue weighted by Gasteiger charge is 2.11. The number of hydrogen-bond acceptors (Lipinski definition) is 5. The number of nitrogens with zero attached hydrogens (tertiary/aromatic N) is 3. The minimum Gasteiger partial charge on any atom is -0.494 e. The molecule has 0 aliphatic carbocycles. The van der Waals surface area contributed by atoms with E-state index in [1.54, 1.807) is 6.08 Å². The maximum absolute atomic E-state index is 12.5. The quantitative estimate of drug-likeness (QED) is 0.0366. The molecule has 4 rings (SSSR count). The number of aryl methyl sites for hydroxylation is 1. The van der Waals surface area contributed by atoms with Crippen LogP contribution in [0.4, 0.5) is 5.69 Å². The highest BCUT2D eigenvalue weighted by atomic mass is 16.5. The van der Waals surface area contributed by atoms with Crippen LogP contribution in [-0.2, 0) is 9.53 Å². The van der Waals surface area contributed by atoms with Gasteiger partial charge in [0.05, 0.1) is 31.4 Å². The fraction of sp³-hybridized carbons (Fsp3) is 0.311. The van der Waals surface area contributed by atoms with Gasteiger partial charge in [-0.3, -0.25) is 4.79 Å². The van der Waals surface area contributed by atoms with E-state index in [2.05, 4.69) is 66.7 Å². The van der Waals surface area contributed by atoms with Crippen molar-refractivity contribution < 1.29 is 14.3 Å². The molecule has 0 spiro atoms. The lowest BCUT2D eigenvalue weighted by Crippen LogP contribution is -2.19. The molecule has 0 amide bonds. The first kappa shape index (κ1) is 38.0. The molecule has 0 saturated carbocycles. The monoisotopic (exact) mass is 677 g/mol. The van der Waals surface area contributed by atoms with E-state index in [-0.39, 0.29) is 12.3 Å². The van der Waals surface area contributed by atoms with Gasteiger partial charge in [-0.2, -0.15) is 5.26 Å². The average molecular weight is 678 g/mol. The number of unbranched alkanes of at least 4 members (excludes halogenated alkanes) is 6. The minimum atomic E-state index is -0.605. The first-order chi connectivity index (χ1) is 24.9. The summed E-state index contributed by atoms with van der Waals surface area (Å²) < 4.78 is 11.3. The molecule has 0 unspecified atom stereocenters. The predicted molar refractivity (Wildman–Crippen MR) is 207 cm³/mol. The van der Waals surface area contributed by atoms with Crippen LogP contribution in [0.25, 0.3) is 22.0 Å². The van der Waals surface area contributed by atoms with Crippen molar-refractivity contribution in [3.63, 3.8) is 0 Å². The second kappa shape index (κ2) is 20.7. The Morgan fingerprint density at radius 1 is 0.784 bits per heavy atom. The van der Waals surface area contributed by atoms with Gasteiger partial charge in [-0.15, -0.1) is 0 Å². The second-order valence-electron chi connectivity index (χ2n) is 12.6. The van der Waals surface area contributed by atoms with Gasteiger partial charge in [-0.05, 0) is 122 Å². The Kier molecular flexibility index (Phi) is 15.4. The van der Waals surface area contributed by atoms with Gasteiger partial charge in [-0.25, -0.2) is 4.85 Å². The van der Waals surface area contributed by atoms with Gasteiger partial charge < -0.3 is 14.4 Å². The highest BCUT2D eigenvalue weighted by Crippen LogP contribution is 2.24. The summed E-state index contributed by atoms with van der Waals surface area (Å²) in [5, 5.41) is 8.97. The summed E-state index contributed by atoms with van der Waals surface area (Å²) >= 11 is 0. The van der Waals surface area contributed by atoms with Crippen molar-refractivity contribution >= 4 is 17.7 Å². The number of benzene rings is 4. The predicted octanol–water partition coefficient (Wildman–Crippen LogP) is 10.4. The van der Waals surface area contributed by atoms with Crippen LogP contribution in [0.2, 0.25) is 0 Å². The van der Waals surface area contributed by atoms with Gasteiger partial charge in [-0.1, -0.05) is 74.4 Å². The molecule has 0 bridgehead atoms. The normalized spacial score (nSPS) is 10.7. The largest absolute Gasteiger partial charge is 0.494 e. The molecule has 6 nitrogen and oxygen atoms in total. The van der Waals surface area contributed by atoms with Crippen LogP contribution in [0.1, 0.15) is 86.1 Å². The van der Waals surface area contributed by atoms with Crippen LogP contribution in [0, 0.1) is 36.7 Å². The summed E-state index contributed by atoms with van der Waals surface area (Å²) in [5.41, 5.74) is 7.75. The van der Waals surface area contributed by atoms with Gasteiger partial charge in [0, 0.05) is 30.4 Å². The van der Waals surface area contributed by atoms with Crippen molar-refractivity contribution in [2.24, 2.45) is 0 Å². The number of nitriles is 1. The van der Waals surface area contributed by atoms with Gasteiger partial charge in [0.1, 0.15) is 5.75 Å². The number of carbonyl (C=O) groups excluding carboxylic acids is 1. The molecule has 6 heteroatoms. The lowest BCUT2D eigenvalue weighted by atomic mass is 10.0. The van der Waals surface area contributed by atoms with Gasteiger partial charge in [0.2, 0.25) is 0 Å². The van der Waals surface area contributed by atoms with E-state index in [9.17, 15) is 4.79 Å². The van der Waals surface area contributed by atoms with E-state index >= 15 is 0 Å². The van der Waals surface area contributed by atoms with E-state index in [1.165, 1.54) is 36.9 Å². The Labute approximate surface area is 304 Å². The molecule has 0 saturated heterocycles. The molecular formula is C45H47N3O3. The molecule has 0 aliphatic heterocycles. The lowest BCUT2D eigenvalue weighted by molar-refractivity contribution is -0.138. The fourth-order valence-corrected chi connectivity index (χ4v) is 5.63. The fourth-order valence-electron chi connectivity index (χ4n) is 5.63. The molecule has 0 fully saturated rings. The van der Waals surface area contributed by atoms with Crippen LogP contribution in [0.15, 0.2) is 96.7 Å². The average Bonchev–Trinajstić information content (AvgIpc) is 3.16. The van der Waals surface area contributed by atoms with E-state index in [1.807, 2.05) is 72.8 Å². The first-order valence-electron chi connectivity index (χ1n) is 17.8. The third-order valence-corrected chi connectivity index (χ3v) is 8.59. The minimum absolute atomic E-state index is 0.0432. The molecule has 0 heterocycles. The molecule has 0 N–H and O–H groups in total. The van der Waals surface area contributed by atoms with Crippen LogP contribution in [0.3, 0.4) is 0 Å². The zero-order valence-corrected chi connectivity index (χ0v) is 30.1.